The molecule has 0 bridgehead atoms. The van der Waals surface area contributed by atoms with Crippen molar-refractivity contribution in [1.82, 2.24) is 0 Å². The topological polar surface area (TPSA) is 36.9 Å². The summed E-state index contributed by atoms with van der Waals surface area (Å²) >= 11 is 2.37. The Morgan fingerprint density at radius 3 is 2.29 bits per heavy atom. The fourth-order valence-electron chi connectivity index (χ4n) is 3.33. The summed E-state index contributed by atoms with van der Waals surface area (Å²) in [6.07, 6.45) is 10.6. The molecule has 0 radical (unpaired) electrons. The van der Waals surface area contributed by atoms with E-state index >= 15 is 0 Å². The molecule has 5 heteroatoms. The number of ether oxygens (including phenoxy) is 4. The van der Waals surface area contributed by atoms with Crippen molar-refractivity contribution >= 4 is 22.6 Å². The number of hydrogen-bond acceptors (Lipinski definition) is 4. The van der Waals surface area contributed by atoms with Gasteiger partial charge in [-0.15, -0.1) is 0 Å². The molecule has 31 heavy (non-hydrogen) atoms. The zero-order chi connectivity index (χ0) is 21.6. The van der Waals surface area contributed by atoms with Gasteiger partial charge in [0.2, 0.25) is 0 Å². The Bertz CT molecular complexity index is 742. The molecule has 2 aromatic carbocycles. The van der Waals surface area contributed by atoms with E-state index in [2.05, 4.69) is 46.9 Å². The highest BCUT2D eigenvalue weighted by Gasteiger charge is 2.17. The fourth-order valence-corrected chi connectivity index (χ4v) is 3.83. The van der Waals surface area contributed by atoms with Crippen LogP contribution in [0.3, 0.4) is 0 Å². The van der Waals surface area contributed by atoms with Gasteiger partial charge < -0.3 is 18.9 Å². The maximum Gasteiger partial charge on any atom is 0.158 e. The second-order valence-corrected chi connectivity index (χ2v) is 8.50. The molecular weight excluding hydrogens is 503 g/mol. The SMILES string of the molecule is IC[C@H](C=CCc1ccc(OCCCCOc2ccccc2)cc1)OC1CCCCO1. The van der Waals surface area contributed by atoms with Crippen molar-refractivity contribution in [1.29, 1.82) is 0 Å². The number of para-hydroxylation sites is 1. The maximum absolute atomic E-state index is 6.05. The molecule has 3 rings (SSSR count). The summed E-state index contributed by atoms with van der Waals surface area (Å²) in [5, 5.41) is 0. The lowest BCUT2D eigenvalue weighted by Gasteiger charge is -2.25. The van der Waals surface area contributed by atoms with Gasteiger partial charge in [-0.2, -0.15) is 0 Å². The maximum atomic E-state index is 6.05. The minimum absolute atomic E-state index is 0.0421. The Labute approximate surface area is 200 Å². The van der Waals surface area contributed by atoms with E-state index in [0.717, 1.165) is 54.6 Å². The Hall–Kier alpha value is -1.57. The number of allylic oxidation sites excluding steroid dienone is 1. The Kier molecular flexibility index (Phi) is 11.3. The van der Waals surface area contributed by atoms with Crippen LogP contribution in [0.25, 0.3) is 0 Å². The molecule has 1 saturated heterocycles. The summed E-state index contributed by atoms with van der Waals surface area (Å²) in [6.45, 7) is 2.24. The number of rotatable bonds is 13. The van der Waals surface area contributed by atoms with Gasteiger partial charge in [-0.25, -0.2) is 0 Å². The molecule has 1 fully saturated rings. The summed E-state index contributed by atoms with van der Waals surface area (Å²) in [6, 6.07) is 18.3. The molecule has 1 aliphatic heterocycles. The third kappa shape index (κ3) is 9.62. The van der Waals surface area contributed by atoms with E-state index in [1.165, 1.54) is 12.0 Å². The second-order valence-electron chi connectivity index (χ2n) is 7.62. The number of alkyl halides is 1. The van der Waals surface area contributed by atoms with Crippen molar-refractivity contribution in [2.45, 2.75) is 50.9 Å². The van der Waals surface area contributed by atoms with Crippen molar-refractivity contribution in [3.8, 4) is 11.5 Å². The average Bonchev–Trinajstić information content (AvgIpc) is 2.83. The smallest absolute Gasteiger partial charge is 0.158 e. The van der Waals surface area contributed by atoms with E-state index in [1.54, 1.807) is 0 Å². The van der Waals surface area contributed by atoms with Crippen molar-refractivity contribution in [2.75, 3.05) is 24.2 Å². The van der Waals surface area contributed by atoms with E-state index in [4.69, 9.17) is 18.9 Å². The quantitative estimate of drug-likeness (QED) is 0.129. The molecule has 1 unspecified atom stereocenters. The molecule has 1 aliphatic rings. The number of hydrogen-bond donors (Lipinski definition) is 0. The van der Waals surface area contributed by atoms with Crippen LogP contribution >= 0.6 is 22.6 Å². The molecule has 1 heterocycles. The van der Waals surface area contributed by atoms with Crippen LogP contribution < -0.4 is 9.47 Å². The van der Waals surface area contributed by atoms with E-state index in [9.17, 15) is 0 Å². The van der Waals surface area contributed by atoms with Crippen LogP contribution in [0.1, 0.15) is 37.7 Å². The first-order valence-electron chi connectivity index (χ1n) is 11.2. The summed E-state index contributed by atoms with van der Waals surface area (Å²) in [4.78, 5) is 0. The molecule has 0 amide bonds. The van der Waals surface area contributed by atoms with E-state index in [-0.39, 0.29) is 12.4 Å². The molecule has 0 saturated carbocycles. The van der Waals surface area contributed by atoms with Crippen LogP contribution in [0.4, 0.5) is 0 Å². The third-order valence-electron chi connectivity index (χ3n) is 5.06. The van der Waals surface area contributed by atoms with Crippen LogP contribution in [0.2, 0.25) is 0 Å². The highest BCUT2D eigenvalue weighted by atomic mass is 127. The average molecular weight is 536 g/mol. The predicted octanol–water partition coefficient (Wildman–Crippen LogP) is 6.37. The third-order valence-corrected chi connectivity index (χ3v) is 5.93. The van der Waals surface area contributed by atoms with Crippen molar-refractivity contribution in [3.63, 3.8) is 0 Å². The highest BCUT2D eigenvalue weighted by molar-refractivity contribution is 14.1. The zero-order valence-electron chi connectivity index (χ0n) is 18.1. The van der Waals surface area contributed by atoms with Gasteiger partial charge in [0.25, 0.3) is 0 Å². The van der Waals surface area contributed by atoms with Crippen molar-refractivity contribution in [3.05, 3.63) is 72.3 Å². The molecule has 0 N–H and O–H groups in total. The molecule has 0 spiro atoms. The lowest BCUT2D eigenvalue weighted by molar-refractivity contribution is -0.173. The normalized spacial score (nSPS) is 17.5. The molecular formula is C26H33IO4. The standard InChI is InChI=1S/C26H33IO4/c27-21-25(31-26-13-4-5-20-30-26)12-8-9-22-14-16-24(17-15-22)29-19-7-6-18-28-23-10-2-1-3-11-23/h1-3,8,10-12,14-17,25-26H,4-7,9,13,18-21H2/t25-,26?/m0/s1. The molecule has 2 aromatic rings. The summed E-state index contributed by atoms with van der Waals surface area (Å²) in [5.74, 6) is 1.84. The van der Waals surface area contributed by atoms with Gasteiger partial charge in [-0.05, 0) is 68.4 Å². The monoisotopic (exact) mass is 536 g/mol. The van der Waals surface area contributed by atoms with E-state index in [0.29, 0.717) is 13.2 Å². The lowest BCUT2D eigenvalue weighted by Crippen LogP contribution is -2.27. The second kappa shape index (κ2) is 14.5. The van der Waals surface area contributed by atoms with Crippen LogP contribution in [0, 0.1) is 0 Å². The first-order chi connectivity index (χ1) is 15.3. The van der Waals surface area contributed by atoms with Crippen molar-refractivity contribution in [2.24, 2.45) is 0 Å². The molecule has 0 aliphatic carbocycles. The summed E-state index contributed by atoms with van der Waals surface area (Å²) in [7, 11) is 0. The molecule has 2 atom stereocenters. The van der Waals surface area contributed by atoms with Gasteiger partial charge in [0.05, 0.1) is 19.3 Å². The van der Waals surface area contributed by atoms with Crippen molar-refractivity contribution < 1.29 is 18.9 Å². The number of unbranched alkanes of at least 4 members (excludes halogenated alkanes) is 1. The van der Waals surface area contributed by atoms with Gasteiger partial charge >= 0.3 is 0 Å². The fraction of sp³-hybridized carbons (Fsp3) is 0.462. The zero-order valence-corrected chi connectivity index (χ0v) is 20.2. The lowest BCUT2D eigenvalue weighted by atomic mass is 10.1. The van der Waals surface area contributed by atoms with Crippen LogP contribution in [-0.4, -0.2) is 36.6 Å². The Balaban J connectivity index is 1.29. The first kappa shape index (κ1) is 24.1. The molecule has 168 valence electrons. The van der Waals surface area contributed by atoms with Gasteiger partial charge in [-0.1, -0.05) is 65.1 Å². The highest BCUT2D eigenvalue weighted by Crippen LogP contribution is 2.18. The predicted molar refractivity (Wildman–Crippen MR) is 133 cm³/mol. The minimum atomic E-state index is -0.0421. The Morgan fingerprint density at radius 2 is 1.65 bits per heavy atom. The Morgan fingerprint density at radius 1 is 0.935 bits per heavy atom. The van der Waals surface area contributed by atoms with E-state index in [1.807, 2.05) is 42.5 Å². The van der Waals surface area contributed by atoms with Crippen LogP contribution in [0.5, 0.6) is 11.5 Å². The summed E-state index contributed by atoms with van der Waals surface area (Å²) < 4.78 is 24.2. The van der Waals surface area contributed by atoms with Gasteiger partial charge in [0.1, 0.15) is 11.5 Å². The summed E-state index contributed by atoms with van der Waals surface area (Å²) in [5.41, 5.74) is 1.26. The van der Waals surface area contributed by atoms with Gasteiger partial charge in [0.15, 0.2) is 6.29 Å². The van der Waals surface area contributed by atoms with E-state index < -0.39 is 0 Å². The number of benzene rings is 2. The first-order valence-corrected chi connectivity index (χ1v) is 12.8. The number of halogens is 1. The largest absolute Gasteiger partial charge is 0.494 e. The van der Waals surface area contributed by atoms with Crippen LogP contribution in [0.15, 0.2) is 66.7 Å². The molecule has 4 nitrogen and oxygen atoms in total. The van der Waals surface area contributed by atoms with Crippen LogP contribution in [-0.2, 0) is 15.9 Å². The molecule has 0 aromatic heterocycles. The van der Waals surface area contributed by atoms with Gasteiger partial charge in [0, 0.05) is 11.0 Å². The van der Waals surface area contributed by atoms with Gasteiger partial charge in [-0.3, -0.25) is 0 Å². The minimum Gasteiger partial charge on any atom is -0.494 e.